The molecule has 3 N–H and O–H groups in total. The first-order chi connectivity index (χ1) is 12.3. The third-order valence-corrected chi connectivity index (χ3v) is 5.16. The van der Waals surface area contributed by atoms with Gasteiger partial charge in [0.05, 0.1) is 31.1 Å². The zero-order valence-corrected chi connectivity index (χ0v) is 15.2. The summed E-state index contributed by atoms with van der Waals surface area (Å²) in [6.45, 7) is 2.10. The second-order valence-corrected chi connectivity index (χ2v) is 6.91. The van der Waals surface area contributed by atoms with Crippen molar-refractivity contribution in [2.24, 2.45) is 5.73 Å². The van der Waals surface area contributed by atoms with Crippen molar-refractivity contribution in [3.63, 3.8) is 0 Å². The number of ether oxygens (including phenoxy) is 1. The van der Waals surface area contributed by atoms with E-state index in [-0.39, 0.29) is 12.4 Å². The molecule has 8 nitrogen and oxygen atoms in total. The second kappa shape index (κ2) is 6.86. The molecule has 5 rings (SSSR count). The van der Waals surface area contributed by atoms with Crippen LogP contribution in [0.25, 0.3) is 5.65 Å². The van der Waals surface area contributed by atoms with E-state index in [1.54, 1.807) is 6.33 Å². The molecule has 2 atom stereocenters. The number of rotatable bonds is 3. The van der Waals surface area contributed by atoms with E-state index in [1.807, 2.05) is 15.3 Å². The fourth-order valence-corrected chi connectivity index (χ4v) is 3.87. The van der Waals surface area contributed by atoms with Crippen LogP contribution < -0.4 is 11.1 Å². The van der Waals surface area contributed by atoms with Crippen LogP contribution >= 0.6 is 12.4 Å². The van der Waals surface area contributed by atoms with E-state index in [0.29, 0.717) is 25.2 Å². The summed E-state index contributed by atoms with van der Waals surface area (Å²) < 4.78 is 9.31. The van der Waals surface area contributed by atoms with Crippen molar-refractivity contribution in [2.45, 2.75) is 44.4 Å². The molecular formula is C17H22ClN7O. The Morgan fingerprint density at radius 3 is 3.00 bits per heavy atom. The molecule has 3 aromatic heterocycles. The highest BCUT2D eigenvalue weighted by molar-refractivity contribution is 5.85. The summed E-state index contributed by atoms with van der Waals surface area (Å²) in [4.78, 5) is 4.38. The number of halogens is 1. The Bertz CT molecular complexity index is 898. The normalized spacial score (nSPS) is 22.2. The molecule has 0 amide bonds. The van der Waals surface area contributed by atoms with Gasteiger partial charge in [0.15, 0.2) is 11.5 Å². The lowest BCUT2D eigenvalue weighted by molar-refractivity contribution is 0.0801. The molecular weight excluding hydrogens is 354 g/mol. The summed E-state index contributed by atoms with van der Waals surface area (Å²) in [5.41, 5.74) is 10.2. The van der Waals surface area contributed by atoms with Crippen LogP contribution in [0.15, 0.2) is 24.7 Å². The molecule has 0 bridgehead atoms. The van der Waals surface area contributed by atoms with Gasteiger partial charge in [-0.25, -0.2) is 9.50 Å². The van der Waals surface area contributed by atoms with Gasteiger partial charge in [-0.1, -0.05) is 0 Å². The molecule has 1 aliphatic heterocycles. The Labute approximate surface area is 157 Å². The standard InChI is InChI=1S/C17H21N7O.ClH/c18-13-2-1-11(5-13)12-6-15(17-19-10-20-24(17)8-12)21-16-7-14-9-25-4-3-23(14)22-16;/h6-8,10-11,13H,1-5,9,18H2,(H,21,22);1H. The van der Waals surface area contributed by atoms with Crippen LogP contribution in [0.4, 0.5) is 11.5 Å². The van der Waals surface area contributed by atoms with Crippen LogP contribution in [0.3, 0.4) is 0 Å². The lowest BCUT2D eigenvalue weighted by Gasteiger charge is -2.13. The predicted octanol–water partition coefficient (Wildman–Crippen LogP) is 2.22. The average molecular weight is 376 g/mol. The number of anilines is 2. The fraction of sp³-hybridized carbons (Fsp3) is 0.471. The second-order valence-electron chi connectivity index (χ2n) is 6.91. The minimum absolute atomic E-state index is 0. The maximum absolute atomic E-state index is 6.10. The summed E-state index contributed by atoms with van der Waals surface area (Å²) in [6, 6.07) is 4.50. The largest absolute Gasteiger partial charge is 0.373 e. The van der Waals surface area contributed by atoms with Crippen molar-refractivity contribution in [1.82, 2.24) is 24.4 Å². The van der Waals surface area contributed by atoms with E-state index < -0.39 is 0 Å². The predicted molar refractivity (Wildman–Crippen MR) is 100.0 cm³/mol. The molecule has 2 aliphatic rings. The number of pyridine rings is 1. The summed E-state index contributed by atoms with van der Waals surface area (Å²) >= 11 is 0. The third kappa shape index (κ3) is 3.04. The van der Waals surface area contributed by atoms with Crippen molar-refractivity contribution < 1.29 is 4.74 Å². The maximum atomic E-state index is 6.10. The van der Waals surface area contributed by atoms with E-state index in [0.717, 1.165) is 48.7 Å². The van der Waals surface area contributed by atoms with Gasteiger partial charge in [-0.15, -0.1) is 12.4 Å². The average Bonchev–Trinajstić information content (AvgIpc) is 3.32. The molecule has 1 aliphatic carbocycles. The molecule has 1 saturated carbocycles. The highest BCUT2D eigenvalue weighted by Gasteiger charge is 2.24. The summed E-state index contributed by atoms with van der Waals surface area (Å²) in [5, 5.41) is 12.4. The van der Waals surface area contributed by atoms with Crippen LogP contribution in [0.5, 0.6) is 0 Å². The Morgan fingerprint density at radius 2 is 2.19 bits per heavy atom. The van der Waals surface area contributed by atoms with Crippen LogP contribution in [-0.4, -0.2) is 37.0 Å². The number of aromatic nitrogens is 5. The minimum atomic E-state index is 0. The van der Waals surface area contributed by atoms with E-state index in [9.17, 15) is 0 Å². The molecule has 3 aromatic rings. The number of nitrogens with two attached hydrogens (primary N) is 1. The summed E-state index contributed by atoms with van der Waals surface area (Å²) in [7, 11) is 0. The van der Waals surface area contributed by atoms with Gasteiger partial charge in [0, 0.05) is 18.3 Å². The number of nitrogens with one attached hydrogen (secondary N) is 1. The van der Waals surface area contributed by atoms with Crippen LogP contribution in [0, 0.1) is 0 Å². The maximum Gasteiger partial charge on any atom is 0.178 e. The van der Waals surface area contributed by atoms with Crippen LogP contribution in [-0.2, 0) is 17.9 Å². The Hall–Kier alpha value is -2.16. The van der Waals surface area contributed by atoms with Gasteiger partial charge in [-0.2, -0.15) is 10.2 Å². The molecule has 0 saturated heterocycles. The quantitative estimate of drug-likeness (QED) is 0.728. The van der Waals surface area contributed by atoms with E-state index >= 15 is 0 Å². The molecule has 2 unspecified atom stereocenters. The first-order valence-corrected chi connectivity index (χ1v) is 8.76. The summed E-state index contributed by atoms with van der Waals surface area (Å²) in [6.07, 6.45) is 6.88. The Balaban J connectivity index is 0.00000168. The highest BCUT2D eigenvalue weighted by Crippen LogP contribution is 2.35. The number of nitrogens with zero attached hydrogens (tertiary/aromatic N) is 5. The number of hydrogen-bond donors (Lipinski definition) is 2. The molecule has 0 radical (unpaired) electrons. The Kier molecular flexibility index (Phi) is 4.56. The van der Waals surface area contributed by atoms with Gasteiger partial charge < -0.3 is 15.8 Å². The zero-order chi connectivity index (χ0) is 16.8. The minimum Gasteiger partial charge on any atom is -0.373 e. The molecule has 9 heteroatoms. The first kappa shape index (κ1) is 17.3. The number of hydrogen-bond acceptors (Lipinski definition) is 6. The first-order valence-electron chi connectivity index (χ1n) is 8.76. The van der Waals surface area contributed by atoms with Gasteiger partial charge in [-0.05, 0) is 36.8 Å². The van der Waals surface area contributed by atoms with E-state index in [2.05, 4.69) is 32.8 Å². The molecule has 4 heterocycles. The van der Waals surface area contributed by atoms with Gasteiger partial charge >= 0.3 is 0 Å². The smallest absolute Gasteiger partial charge is 0.178 e. The molecule has 0 spiro atoms. The topological polar surface area (TPSA) is 95.3 Å². The van der Waals surface area contributed by atoms with Gasteiger partial charge in [-0.3, -0.25) is 4.68 Å². The Morgan fingerprint density at radius 1 is 1.27 bits per heavy atom. The summed E-state index contributed by atoms with van der Waals surface area (Å²) in [5.74, 6) is 1.29. The van der Waals surface area contributed by atoms with Crippen molar-refractivity contribution in [3.05, 3.63) is 35.9 Å². The monoisotopic (exact) mass is 375 g/mol. The molecule has 26 heavy (non-hydrogen) atoms. The SMILES string of the molecule is Cl.NC1CCC(c2cc(Nc3cc4n(n3)CCOC4)c3ncnn3c2)C1. The van der Waals surface area contributed by atoms with Gasteiger partial charge in [0.1, 0.15) is 6.33 Å². The zero-order valence-electron chi connectivity index (χ0n) is 14.3. The van der Waals surface area contributed by atoms with E-state index in [4.69, 9.17) is 10.5 Å². The molecule has 1 fully saturated rings. The van der Waals surface area contributed by atoms with Gasteiger partial charge in [0.25, 0.3) is 0 Å². The van der Waals surface area contributed by atoms with E-state index in [1.165, 1.54) is 5.56 Å². The molecule has 0 aromatic carbocycles. The highest BCUT2D eigenvalue weighted by atomic mass is 35.5. The van der Waals surface area contributed by atoms with Crippen LogP contribution in [0.1, 0.15) is 36.4 Å². The van der Waals surface area contributed by atoms with Crippen molar-refractivity contribution in [1.29, 1.82) is 0 Å². The third-order valence-electron chi connectivity index (χ3n) is 5.16. The number of fused-ring (bicyclic) bond motifs is 2. The fourth-order valence-electron chi connectivity index (χ4n) is 3.87. The molecule has 138 valence electrons. The van der Waals surface area contributed by atoms with Crippen molar-refractivity contribution >= 4 is 29.6 Å². The van der Waals surface area contributed by atoms with Crippen molar-refractivity contribution in [2.75, 3.05) is 11.9 Å². The lowest BCUT2D eigenvalue weighted by Crippen LogP contribution is -2.16. The van der Waals surface area contributed by atoms with Crippen LogP contribution in [0.2, 0.25) is 0 Å². The lowest BCUT2D eigenvalue weighted by atomic mass is 9.99. The van der Waals surface area contributed by atoms with Gasteiger partial charge in [0.2, 0.25) is 0 Å². The van der Waals surface area contributed by atoms with Crippen molar-refractivity contribution in [3.8, 4) is 0 Å².